The van der Waals surface area contributed by atoms with Gasteiger partial charge in [0.05, 0.1) is 18.8 Å². The summed E-state index contributed by atoms with van der Waals surface area (Å²) in [6, 6.07) is 6.33. The molecule has 0 spiro atoms. The van der Waals surface area contributed by atoms with Crippen LogP contribution in [-0.2, 0) is 22.7 Å². The van der Waals surface area contributed by atoms with Crippen LogP contribution in [-0.4, -0.2) is 12.7 Å². The van der Waals surface area contributed by atoms with Crippen molar-refractivity contribution in [2.75, 3.05) is 11.7 Å². The Morgan fingerprint density at radius 1 is 1.32 bits per heavy atom. The third-order valence-electron chi connectivity index (χ3n) is 4.26. The fraction of sp³-hybridized carbons (Fsp3) is 0.235. The maximum Gasteiger partial charge on any atom is 0.260 e. The summed E-state index contributed by atoms with van der Waals surface area (Å²) in [5.41, 5.74) is 2.06. The molecule has 1 amide bonds. The number of hydrogen-bond acceptors (Lipinski definition) is 5. The van der Waals surface area contributed by atoms with Crippen molar-refractivity contribution in [2.45, 2.75) is 19.2 Å². The van der Waals surface area contributed by atoms with Gasteiger partial charge in [0.25, 0.3) is 5.91 Å². The molecule has 6 nitrogen and oxygen atoms in total. The summed E-state index contributed by atoms with van der Waals surface area (Å²) in [5, 5.41) is 3.33. The van der Waals surface area contributed by atoms with E-state index >= 15 is 0 Å². The van der Waals surface area contributed by atoms with Gasteiger partial charge in [-0.05, 0) is 30.3 Å². The van der Waals surface area contributed by atoms with Crippen LogP contribution in [0.2, 0.25) is 5.02 Å². The Hall–Kier alpha value is -2.51. The number of benzene rings is 2. The van der Waals surface area contributed by atoms with Crippen LogP contribution in [0, 0.1) is 10.7 Å². The number of ether oxygens (including phenoxy) is 2. The second-order valence-electron chi connectivity index (χ2n) is 5.80. The molecule has 0 radical (unpaired) electrons. The van der Waals surface area contributed by atoms with Gasteiger partial charge in [0.1, 0.15) is 11.6 Å². The Balaban J connectivity index is 1.76. The molecule has 1 atom stereocenters. The molecule has 0 bridgehead atoms. The van der Waals surface area contributed by atoms with Gasteiger partial charge < -0.3 is 14.4 Å². The van der Waals surface area contributed by atoms with Crippen LogP contribution in [0.4, 0.5) is 10.1 Å². The van der Waals surface area contributed by atoms with Crippen LogP contribution in [0.15, 0.2) is 35.5 Å². The second kappa shape index (κ2) is 6.09. The highest BCUT2D eigenvalue weighted by Crippen LogP contribution is 2.41. The van der Waals surface area contributed by atoms with E-state index in [1.807, 2.05) is 0 Å². The molecule has 0 N–H and O–H groups in total. The highest BCUT2D eigenvalue weighted by molar-refractivity contribution is 6.31. The molecular formula is C17H12ClFN2O4. The number of hydrogen-bond donors (Lipinski definition) is 0. The van der Waals surface area contributed by atoms with Crippen LogP contribution < -0.4 is 9.64 Å². The van der Waals surface area contributed by atoms with Crippen molar-refractivity contribution < 1.29 is 18.7 Å². The first-order valence-corrected chi connectivity index (χ1v) is 7.91. The van der Waals surface area contributed by atoms with Crippen molar-refractivity contribution in [1.82, 2.24) is 0 Å². The summed E-state index contributed by atoms with van der Waals surface area (Å²) < 4.78 is 24.6. The highest BCUT2D eigenvalue weighted by Gasteiger charge is 2.39. The Morgan fingerprint density at radius 2 is 2.16 bits per heavy atom. The summed E-state index contributed by atoms with van der Waals surface area (Å²) in [6.45, 7) is 0.350. The molecule has 2 aromatic rings. The van der Waals surface area contributed by atoms with Crippen molar-refractivity contribution >= 4 is 23.2 Å². The smallest absolute Gasteiger partial charge is 0.260 e. The standard InChI is InChI=1S/C17H12ClFN2O4/c18-11-1-2-14-13(5-11)15(20-23)17(22)21(14)6-9-3-12(19)4-10-7-24-8-25-16(9)10/h1-5,15H,6-8H2. The average molecular weight is 363 g/mol. The topological polar surface area (TPSA) is 68.2 Å². The maximum atomic E-state index is 13.9. The number of anilines is 1. The van der Waals surface area contributed by atoms with Crippen LogP contribution in [0.5, 0.6) is 5.75 Å². The van der Waals surface area contributed by atoms with Gasteiger partial charge in [-0.25, -0.2) is 4.39 Å². The number of halogens is 2. The zero-order chi connectivity index (χ0) is 17.6. The Kier molecular flexibility index (Phi) is 3.89. The number of amides is 1. The monoisotopic (exact) mass is 362 g/mol. The van der Waals surface area contributed by atoms with Crippen molar-refractivity contribution in [3.8, 4) is 5.75 Å². The molecule has 0 aliphatic carbocycles. The van der Waals surface area contributed by atoms with Gasteiger partial charge >= 0.3 is 0 Å². The SMILES string of the molecule is O=NC1C(=O)N(Cc2cc(F)cc3c2OCOC3)c2ccc(Cl)cc21. The first-order chi connectivity index (χ1) is 12.1. The first kappa shape index (κ1) is 16.0. The van der Waals surface area contributed by atoms with E-state index in [4.69, 9.17) is 21.1 Å². The largest absolute Gasteiger partial charge is 0.467 e. The van der Waals surface area contributed by atoms with Gasteiger partial charge in [0.15, 0.2) is 12.8 Å². The quantitative estimate of drug-likeness (QED) is 0.781. The number of nitrogens with zero attached hydrogens (tertiary/aromatic N) is 2. The minimum Gasteiger partial charge on any atom is -0.467 e. The molecule has 2 aliphatic rings. The van der Waals surface area contributed by atoms with E-state index in [1.54, 1.807) is 18.2 Å². The van der Waals surface area contributed by atoms with E-state index in [1.165, 1.54) is 17.0 Å². The van der Waals surface area contributed by atoms with Crippen LogP contribution >= 0.6 is 11.6 Å². The van der Waals surface area contributed by atoms with E-state index in [0.29, 0.717) is 33.1 Å². The summed E-state index contributed by atoms with van der Waals surface area (Å²) in [5.74, 6) is -0.424. The van der Waals surface area contributed by atoms with Gasteiger partial charge in [0.2, 0.25) is 0 Å². The van der Waals surface area contributed by atoms with Gasteiger partial charge in [0, 0.05) is 21.7 Å². The van der Waals surface area contributed by atoms with Crippen molar-refractivity contribution in [2.24, 2.45) is 5.18 Å². The fourth-order valence-corrected chi connectivity index (χ4v) is 3.38. The van der Waals surface area contributed by atoms with Crippen LogP contribution in [0.3, 0.4) is 0 Å². The summed E-state index contributed by atoms with van der Waals surface area (Å²) >= 11 is 5.96. The lowest BCUT2D eigenvalue weighted by molar-refractivity contribution is -0.119. The number of carbonyl (C=O) groups excluding carboxylic acids is 1. The number of fused-ring (bicyclic) bond motifs is 2. The molecule has 0 fully saturated rings. The van der Waals surface area contributed by atoms with Crippen molar-refractivity contribution in [1.29, 1.82) is 0 Å². The molecule has 0 aromatic heterocycles. The maximum absolute atomic E-state index is 13.9. The zero-order valence-electron chi connectivity index (χ0n) is 12.9. The normalized spacial score (nSPS) is 18.6. The molecule has 0 saturated heterocycles. The minimum absolute atomic E-state index is 0.0551. The van der Waals surface area contributed by atoms with Crippen LogP contribution in [0.1, 0.15) is 22.7 Å². The third-order valence-corrected chi connectivity index (χ3v) is 4.50. The molecule has 25 heavy (non-hydrogen) atoms. The van der Waals surface area contributed by atoms with E-state index in [9.17, 15) is 14.1 Å². The molecule has 2 aliphatic heterocycles. The predicted octanol–water partition coefficient (Wildman–Crippen LogP) is 3.70. The summed E-state index contributed by atoms with van der Waals surface area (Å²) in [6.07, 6.45) is 0. The Labute approximate surface area is 147 Å². The molecule has 128 valence electrons. The lowest BCUT2D eigenvalue weighted by Crippen LogP contribution is -2.28. The molecule has 4 rings (SSSR count). The molecule has 2 aromatic carbocycles. The number of rotatable bonds is 3. The fourth-order valence-electron chi connectivity index (χ4n) is 3.20. The highest BCUT2D eigenvalue weighted by atomic mass is 35.5. The molecule has 8 heteroatoms. The van der Waals surface area contributed by atoms with Gasteiger partial charge in [-0.2, -0.15) is 0 Å². The minimum atomic E-state index is -1.15. The second-order valence-corrected chi connectivity index (χ2v) is 6.24. The van der Waals surface area contributed by atoms with E-state index in [2.05, 4.69) is 5.18 Å². The van der Waals surface area contributed by atoms with E-state index < -0.39 is 17.8 Å². The lowest BCUT2D eigenvalue weighted by atomic mass is 10.1. The lowest BCUT2D eigenvalue weighted by Gasteiger charge is -2.24. The molecular weight excluding hydrogens is 351 g/mol. The van der Waals surface area contributed by atoms with E-state index in [0.717, 1.165) is 0 Å². The van der Waals surface area contributed by atoms with Gasteiger partial charge in [-0.15, -0.1) is 4.91 Å². The number of nitroso groups, excluding NO2 is 1. The van der Waals surface area contributed by atoms with Crippen LogP contribution in [0.25, 0.3) is 0 Å². The predicted molar refractivity (Wildman–Crippen MR) is 87.9 cm³/mol. The third kappa shape index (κ3) is 2.65. The summed E-state index contributed by atoms with van der Waals surface area (Å²) in [7, 11) is 0. The molecule has 2 heterocycles. The Morgan fingerprint density at radius 3 is 2.96 bits per heavy atom. The van der Waals surface area contributed by atoms with E-state index in [-0.39, 0.29) is 19.9 Å². The molecule has 0 saturated carbocycles. The first-order valence-electron chi connectivity index (χ1n) is 7.53. The van der Waals surface area contributed by atoms with Crippen molar-refractivity contribution in [3.63, 3.8) is 0 Å². The zero-order valence-corrected chi connectivity index (χ0v) is 13.6. The van der Waals surface area contributed by atoms with Gasteiger partial charge in [-0.1, -0.05) is 16.8 Å². The van der Waals surface area contributed by atoms with Gasteiger partial charge in [-0.3, -0.25) is 4.79 Å². The molecule has 1 unspecified atom stereocenters. The average Bonchev–Trinajstić information content (AvgIpc) is 2.85. The van der Waals surface area contributed by atoms with Crippen molar-refractivity contribution in [3.05, 3.63) is 62.8 Å². The number of carbonyl (C=O) groups is 1. The summed E-state index contributed by atoms with van der Waals surface area (Å²) in [4.78, 5) is 25.1. The Bertz CT molecular complexity index is 889.